The predicted octanol–water partition coefficient (Wildman–Crippen LogP) is 3.63. The zero-order valence-corrected chi connectivity index (χ0v) is 14.1. The first kappa shape index (κ1) is 14.7. The third-order valence-electron chi connectivity index (χ3n) is 4.58. The van der Waals surface area contributed by atoms with Gasteiger partial charge < -0.3 is 10.2 Å². The van der Waals surface area contributed by atoms with Crippen molar-refractivity contribution in [3.05, 3.63) is 59.1 Å². The molecule has 3 heterocycles. The van der Waals surface area contributed by atoms with Crippen molar-refractivity contribution < 1.29 is 0 Å². The molecule has 1 atom stereocenters. The molecule has 1 saturated heterocycles. The van der Waals surface area contributed by atoms with Crippen LogP contribution in [0.2, 0.25) is 0 Å². The van der Waals surface area contributed by atoms with E-state index in [1.54, 1.807) is 11.3 Å². The lowest BCUT2D eigenvalue weighted by molar-refractivity contribution is 0.475. The molecular weight excluding hydrogens is 302 g/mol. The molecule has 1 aliphatic heterocycles. The van der Waals surface area contributed by atoms with Gasteiger partial charge >= 0.3 is 0 Å². The van der Waals surface area contributed by atoms with E-state index < -0.39 is 0 Å². The van der Waals surface area contributed by atoms with Gasteiger partial charge in [-0.15, -0.1) is 11.3 Å². The zero-order chi connectivity index (χ0) is 15.6. The van der Waals surface area contributed by atoms with Crippen LogP contribution in [0.25, 0.3) is 10.2 Å². The molecule has 4 heteroatoms. The third-order valence-corrected chi connectivity index (χ3v) is 5.47. The summed E-state index contributed by atoms with van der Waals surface area (Å²) in [4.78, 5) is 8.19. The number of piperazine rings is 1. The SMILES string of the molecule is Cc1ccc(CC2CNCCN2c2csc3ncccc23)cc1. The lowest BCUT2D eigenvalue weighted by Gasteiger charge is -2.38. The molecule has 1 N–H and O–H groups in total. The summed E-state index contributed by atoms with van der Waals surface area (Å²) in [6.45, 7) is 5.27. The normalized spacial score (nSPS) is 18.5. The number of nitrogens with zero attached hydrogens (tertiary/aromatic N) is 2. The van der Waals surface area contributed by atoms with Crippen LogP contribution in [0, 0.1) is 6.92 Å². The first-order valence-electron chi connectivity index (χ1n) is 8.16. The number of aromatic nitrogens is 1. The molecule has 2 aromatic heterocycles. The van der Waals surface area contributed by atoms with E-state index >= 15 is 0 Å². The van der Waals surface area contributed by atoms with Crippen molar-refractivity contribution >= 4 is 27.2 Å². The first-order valence-corrected chi connectivity index (χ1v) is 9.04. The Bertz CT molecular complexity index is 794. The van der Waals surface area contributed by atoms with Gasteiger partial charge in [0.15, 0.2) is 0 Å². The van der Waals surface area contributed by atoms with Gasteiger partial charge in [-0.05, 0) is 31.0 Å². The van der Waals surface area contributed by atoms with Crippen LogP contribution in [-0.4, -0.2) is 30.7 Å². The van der Waals surface area contributed by atoms with Gasteiger partial charge in [0.05, 0.1) is 5.69 Å². The summed E-state index contributed by atoms with van der Waals surface area (Å²) in [5.41, 5.74) is 4.07. The number of rotatable bonds is 3. The maximum atomic E-state index is 4.49. The lowest BCUT2D eigenvalue weighted by atomic mass is 10.0. The number of hydrogen-bond acceptors (Lipinski definition) is 4. The lowest BCUT2D eigenvalue weighted by Crippen LogP contribution is -2.52. The van der Waals surface area contributed by atoms with Crippen molar-refractivity contribution in [2.75, 3.05) is 24.5 Å². The Hall–Kier alpha value is -1.91. The van der Waals surface area contributed by atoms with Crippen molar-refractivity contribution in [2.24, 2.45) is 0 Å². The van der Waals surface area contributed by atoms with Crippen molar-refractivity contribution in [3.63, 3.8) is 0 Å². The molecule has 118 valence electrons. The fourth-order valence-corrected chi connectivity index (χ4v) is 4.24. The van der Waals surface area contributed by atoms with Crippen molar-refractivity contribution in [1.29, 1.82) is 0 Å². The summed E-state index contributed by atoms with van der Waals surface area (Å²) in [6.07, 6.45) is 2.95. The number of fused-ring (bicyclic) bond motifs is 1. The molecule has 1 aromatic carbocycles. The quantitative estimate of drug-likeness (QED) is 0.798. The van der Waals surface area contributed by atoms with Gasteiger partial charge in [0.2, 0.25) is 0 Å². The van der Waals surface area contributed by atoms with Gasteiger partial charge in [0.25, 0.3) is 0 Å². The van der Waals surface area contributed by atoms with E-state index in [0.717, 1.165) is 30.9 Å². The second-order valence-corrected chi connectivity index (χ2v) is 7.08. The molecule has 1 fully saturated rings. The Morgan fingerprint density at radius 3 is 3.00 bits per heavy atom. The fourth-order valence-electron chi connectivity index (χ4n) is 3.33. The van der Waals surface area contributed by atoms with Crippen LogP contribution >= 0.6 is 11.3 Å². The van der Waals surface area contributed by atoms with E-state index in [1.807, 2.05) is 12.3 Å². The number of pyridine rings is 1. The van der Waals surface area contributed by atoms with Gasteiger partial charge in [-0.2, -0.15) is 0 Å². The van der Waals surface area contributed by atoms with E-state index in [2.05, 4.69) is 57.8 Å². The largest absolute Gasteiger partial charge is 0.364 e. The summed E-state index contributed by atoms with van der Waals surface area (Å²) >= 11 is 1.74. The number of aryl methyl sites for hydroxylation is 1. The van der Waals surface area contributed by atoms with Crippen molar-refractivity contribution in [1.82, 2.24) is 10.3 Å². The monoisotopic (exact) mass is 323 g/mol. The van der Waals surface area contributed by atoms with Crippen molar-refractivity contribution in [2.45, 2.75) is 19.4 Å². The number of benzene rings is 1. The highest BCUT2D eigenvalue weighted by molar-refractivity contribution is 7.17. The van der Waals surface area contributed by atoms with Crippen LogP contribution in [-0.2, 0) is 6.42 Å². The average Bonchev–Trinajstić information content (AvgIpc) is 3.01. The Labute approximate surface area is 141 Å². The highest BCUT2D eigenvalue weighted by atomic mass is 32.1. The summed E-state index contributed by atoms with van der Waals surface area (Å²) in [6, 6.07) is 13.7. The summed E-state index contributed by atoms with van der Waals surface area (Å²) in [7, 11) is 0. The Balaban J connectivity index is 1.63. The number of nitrogens with one attached hydrogen (secondary N) is 1. The van der Waals surface area contributed by atoms with E-state index in [0.29, 0.717) is 6.04 Å². The molecule has 1 aliphatic rings. The molecule has 23 heavy (non-hydrogen) atoms. The summed E-state index contributed by atoms with van der Waals surface area (Å²) in [5, 5.41) is 7.11. The molecule has 4 rings (SSSR count). The fraction of sp³-hybridized carbons (Fsp3) is 0.316. The second-order valence-electron chi connectivity index (χ2n) is 6.22. The molecule has 0 radical (unpaired) electrons. The number of thiophene rings is 1. The number of hydrogen-bond donors (Lipinski definition) is 1. The Kier molecular flexibility index (Phi) is 4.02. The Morgan fingerprint density at radius 1 is 1.26 bits per heavy atom. The number of anilines is 1. The summed E-state index contributed by atoms with van der Waals surface area (Å²) in [5.74, 6) is 0. The highest BCUT2D eigenvalue weighted by Gasteiger charge is 2.24. The van der Waals surface area contributed by atoms with Gasteiger partial charge in [0, 0.05) is 42.6 Å². The minimum absolute atomic E-state index is 0.490. The molecule has 3 aromatic rings. The smallest absolute Gasteiger partial charge is 0.125 e. The maximum absolute atomic E-state index is 4.49. The molecule has 0 spiro atoms. The van der Waals surface area contributed by atoms with Crippen LogP contribution in [0.15, 0.2) is 48.0 Å². The zero-order valence-electron chi connectivity index (χ0n) is 13.3. The molecule has 3 nitrogen and oxygen atoms in total. The average molecular weight is 323 g/mol. The molecule has 0 saturated carbocycles. The van der Waals surface area contributed by atoms with Crippen LogP contribution < -0.4 is 10.2 Å². The molecular formula is C19H21N3S. The Morgan fingerprint density at radius 2 is 2.13 bits per heavy atom. The van der Waals surface area contributed by atoms with Crippen LogP contribution in [0.1, 0.15) is 11.1 Å². The molecule has 0 bridgehead atoms. The second kappa shape index (κ2) is 6.30. The molecule has 0 aliphatic carbocycles. The van der Waals surface area contributed by atoms with Gasteiger partial charge in [-0.3, -0.25) is 0 Å². The van der Waals surface area contributed by atoms with Crippen LogP contribution in [0.4, 0.5) is 5.69 Å². The predicted molar refractivity (Wildman–Crippen MR) is 98.5 cm³/mol. The van der Waals surface area contributed by atoms with Gasteiger partial charge in [-0.25, -0.2) is 4.98 Å². The topological polar surface area (TPSA) is 28.2 Å². The van der Waals surface area contributed by atoms with Crippen LogP contribution in [0.5, 0.6) is 0 Å². The minimum atomic E-state index is 0.490. The van der Waals surface area contributed by atoms with Gasteiger partial charge in [-0.1, -0.05) is 29.8 Å². The van der Waals surface area contributed by atoms with E-state index in [4.69, 9.17) is 0 Å². The van der Waals surface area contributed by atoms with E-state index in [-0.39, 0.29) is 0 Å². The molecule has 0 amide bonds. The maximum Gasteiger partial charge on any atom is 0.125 e. The van der Waals surface area contributed by atoms with Gasteiger partial charge in [0.1, 0.15) is 4.83 Å². The minimum Gasteiger partial charge on any atom is -0.364 e. The molecule has 1 unspecified atom stereocenters. The third kappa shape index (κ3) is 2.96. The van der Waals surface area contributed by atoms with Crippen LogP contribution in [0.3, 0.4) is 0 Å². The van der Waals surface area contributed by atoms with E-state index in [9.17, 15) is 0 Å². The van der Waals surface area contributed by atoms with Crippen molar-refractivity contribution in [3.8, 4) is 0 Å². The first-order chi connectivity index (χ1) is 11.3. The standard InChI is InChI=1S/C19H21N3S/c1-14-4-6-15(7-5-14)11-16-12-20-9-10-22(16)18-13-23-19-17(18)3-2-8-21-19/h2-8,13,16,20H,9-12H2,1H3. The highest BCUT2D eigenvalue weighted by Crippen LogP contribution is 2.33. The van der Waals surface area contributed by atoms with E-state index in [1.165, 1.54) is 22.2 Å². The summed E-state index contributed by atoms with van der Waals surface area (Å²) < 4.78 is 0.